The fourth-order valence-corrected chi connectivity index (χ4v) is 2.72. The average Bonchev–Trinajstić information content (AvgIpc) is 2.82. The Hall–Kier alpha value is -1.27. The molecule has 1 saturated heterocycles. The molecule has 1 N–H and O–H groups in total. The molecule has 0 spiro atoms. The quantitative estimate of drug-likeness (QED) is 0.906. The smallest absolute Gasteiger partial charge is 0.406 e. The van der Waals surface area contributed by atoms with E-state index >= 15 is 0 Å². The summed E-state index contributed by atoms with van der Waals surface area (Å²) in [5.74, 6) is 0.237. The van der Waals surface area contributed by atoms with E-state index < -0.39 is 6.36 Å². The molecule has 1 aliphatic rings. The van der Waals surface area contributed by atoms with E-state index in [9.17, 15) is 13.2 Å². The lowest BCUT2D eigenvalue weighted by Gasteiger charge is -2.22. The van der Waals surface area contributed by atoms with Gasteiger partial charge >= 0.3 is 6.36 Å². The number of benzene rings is 1. The maximum atomic E-state index is 12.1. The summed E-state index contributed by atoms with van der Waals surface area (Å²) in [6.07, 6.45) is -2.62. The molecule has 0 bridgehead atoms. The zero-order chi connectivity index (χ0) is 15.5. The lowest BCUT2D eigenvalue weighted by Crippen LogP contribution is -2.36. The minimum absolute atomic E-state index is 0.190. The van der Waals surface area contributed by atoms with Crippen LogP contribution in [0.3, 0.4) is 0 Å². The molecule has 0 aromatic heterocycles. The molecule has 1 aromatic carbocycles. The molecule has 0 amide bonds. The van der Waals surface area contributed by atoms with Gasteiger partial charge in [0, 0.05) is 12.0 Å². The van der Waals surface area contributed by atoms with E-state index in [4.69, 9.17) is 4.74 Å². The fraction of sp³-hybridized carbons (Fsp3) is 0.600. The third-order valence-electron chi connectivity index (χ3n) is 3.78. The third-order valence-corrected chi connectivity index (χ3v) is 3.78. The minimum atomic E-state index is -4.65. The lowest BCUT2D eigenvalue weighted by atomic mass is 9.91. The van der Waals surface area contributed by atoms with Gasteiger partial charge in [0.1, 0.15) is 5.75 Å². The van der Waals surface area contributed by atoms with Gasteiger partial charge in [-0.3, -0.25) is 0 Å². The Morgan fingerprint density at radius 3 is 2.48 bits per heavy atom. The van der Waals surface area contributed by atoms with Gasteiger partial charge in [-0.2, -0.15) is 0 Å². The summed E-state index contributed by atoms with van der Waals surface area (Å²) >= 11 is 0. The first-order valence-electron chi connectivity index (χ1n) is 7.01. The van der Waals surface area contributed by atoms with Crippen molar-refractivity contribution in [3.63, 3.8) is 0 Å². The molecule has 3 unspecified atom stereocenters. The van der Waals surface area contributed by atoms with Crippen LogP contribution in [0.15, 0.2) is 24.3 Å². The molecule has 0 radical (unpaired) electrons. The molecular weight excluding hydrogens is 283 g/mol. The van der Waals surface area contributed by atoms with Gasteiger partial charge in [-0.15, -0.1) is 13.2 Å². The number of alkyl halides is 3. The van der Waals surface area contributed by atoms with Gasteiger partial charge in [-0.25, -0.2) is 0 Å². The van der Waals surface area contributed by atoms with Crippen LogP contribution in [0.4, 0.5) is 13.2 Å². The molecule has 21 heavy (non-hydrogen) atoms. The summed E-state index contributed by atoms with van der Waals surface area (Å²) in [5.41, 5.74) is 0.975. The van der Waals surface area contributed by atoms with Crippen molar-refractivity contribution in [1.29, 1.82) is 0 Å². The Kier molecular flexibility index (Phi) is 5.11. The van der Waals surface area contributed by atoms with Crippen molar-refractivity contribution in [2.45, 2.75) is 38.3 Å². The highest BCUT2D eigenvalue weighted by Crippen LogP contribution is 2.26. The molecule has 1 aromatic rings. The van der Waals surface area contributed by atoms with Crippen LogP contribution in [-0.2, 0) is 11.2 Å². The number of halogens is 3. The second-order valence-corrected chi connectivity index (χ2v) is 5.43. The van der Waals surface area contributed by atoms with Crippen molar-refractivity contribution in [2.75, 3.05) is 13.7 Å². The van der Waals surface area contributed by atoms with Crippen LogP contribution in [0, 0.1) is 5.92 Å². The number of nitrogens with one attached hydrogen (secondary N) is 1. The molecule has 1 heterocycles. The van der Waals surface area contributed by atoms with E-state index in [2.05, 4.69) is 17.0 Å². The van der Waals surface area contributed by atoms with Gasteiger partial charge in [0.2, 0.25) is 0 Å². The molecular formula is C15H20F3NO2. The highest BCUT2D eigenvalue weighted by Gasteiger charge is 2.31. The SMILES string of the molecule is CNC(Cc1ccc(OC(F)(F)F)cc1)C1COC(C)C1. The highest BCUT2D eigenvalue weighted by molar-refractivity contribution is 5.28. The van der Waals surface area contributed by atoms with E-state index in [0.29, 0.717) is 5.92 Å². The Balaban J connectivity index is 1.95. The first kappa shape index (κ1) is 16.1. The molecule has 6 heteroatoms. The van der Waals surface area contributed by atoms with Crippen molar-refractivity contribution >= 4 is 0 Å². The van der Waals surface area contributed by atoms with E-state index in [1.165, 1.54) is 12.1 Å². The van der Waals surface area contributed by atoms with Gasteiger partial charge in [0.05, 0.1) is 12.7 Å². The van der Waals surface area contributed by atoms with Gasteiger partial charge in [-0.05, 0) is 44.5 Å². The number of hydrogen-bond donors (Lipinski definition) is 1. The maximum absolute atomic E-state index is 12.1. The molecule has 2 rings (SSSR count). The first-order valence-corrected chi connectivity index (χ1v) is 7.01. The minimum Gasteiger partial charge on any atom is -0.406 e. The molecule has 0 saturated carbocycles. The van der Waals surface area contributed by atoms with E-state index in [1.807, 2.05) is 7.05 Å². The van der Waals surface area contributed by atoms with Gasteiger partial charge in [0.25, 0.3) is 0 Å². The van der Waals surface area contributed by atoms with E-state index in [0.717, 1.165) is 25.0 Å². The van der Waals surface area contributed by atoms with Crippen LogP contribution in [-0.4, -0.2) is 32.2 Å². The molecule has 1 fully saturated rings. The summed E-state index contributed by atoms with van der Waals surface area (Å²) in [4.78, 5) is 0. The zero-order valence-corrected chi connectivity index (χ0v) is 12.1. The summed E-state index contributed by atoms with van der Waals surface area (Å²) in [5, 5.41) is 3.27. The van der Waals surface area contributed by atoms with Crippen LogP contribution < -0.4 is 10.1 Å². The van der Waals surface area contributed by atoms with Crippen LogP contribution in [0.25, 0.3) is 0 Å². The molecule has 1 aliphatic heterocycles. The standard InChI is InChI=1S/C15H20F3NO2/c1-10-7-12(9-20-10)14(19-2)8-11-3-5-13(6-4-11)21-15(16,17)18/h3-6,10,12,14,19H,7-9H2,1-2H3. The normalized spacial score (nSPS) is 24.0. The van der Waals surface area contributed by atoms with Crippen molar-refractivity contribution in [3.05, 3.63) is 29.8 Å². The monoisotopic (exact) mass is 303 g/mol. The van der Waals surface area contributed by atoms with Crippen LogP contribution in [0.1, 0.15) is 18.9 Å². The Morgan fingerprint density at radius 2 is 2.00 bits per heavy atom. The maximum Gasteiger partial charge on any atom is 0.573 e. The van der Waals surface area contributed by atoms with Crippen molar-refractivity contribution in [2.24, 2.45) is 5.92 Å². The summed E-state index contributed by atoms with van der Waals surface area (Å²) in [6.45, 7) is 2.78. The molecule has 0 aliphatic carbocycles. The van der Waals surface area contributed by atoms with Crippen molar-refractivity contribution < 1.29 is 22.6 Å². The van der Waals surface area contributed by atoms with Crippen molar-refractivity contribution in [3.8, 4) is 5.75 Å². The Bertz CT molecular complexity index is 447. The zero-order valence-electron chi connectivity index (χ0n) is 12.1. The first-order chi connectivity index (χ1) is 9.87. The number of likely N-dealkylation sites (N-methyl/N-ethyl adjacent to an activating group) is 1. The average molecular weight is 303 g/mol. The van der Waals surface area contributed by atoms with Gasteiger partial charge < -0.3 is 14.8 Å². The lowest BCUT2D eigenvalue weighted by molar-refractivity contribution is -0.274. The second-order valence-electron chi connectivity index (χ2n) is 5.43. The van der Waals surface area contributed by atoms with E-state index in [1.54, 1.807) is 12.1 Å². The largest absolute Gasteiger partial charge is 0.573 e. The second kappa shape index (κ2) is 6.66. The van der Waals surface area contributed by atoms with Crippen LogP contribution in [0.2, 0.25) is 0 Å². The van der Waals surface area contributed by atoms with Crippen molar-refractivity contribution in [1.82, 2.24) is 5.32 Å². The van der Waals surface area contributed by atoms with Crippen LogP contribution >= 0.6 is 0 Å². The number of ether oxygens (including phenoxy) is 2. The Morgan fingerprint density at radius 1 is 1.33 bits per heavy atom. The third kappa shape index (κ3) is 4.89. The molecule has 3 atom stereocenters. The predicted molar refractivity (Wildman–Crippen MR) is 73.2 cm³/mol. The van der Waals surface area contributed by atoms with Gasteiger partial charge in [0.15, 0.2) is 0 Å². The summed E-state index contributed by atoms with van der Waals surface area (Å²) in [7, 11) is 1.90. The summed E-state index contributed by atoms with van der Waals surface area (Å²) < 4.78 is 45.7. The molecule has 118 valence electrons. The molecule has 3 nitrogen and oxygen atoms in total. The fourth-order valence-electron chi connectivity index (χ4n) is 2.72. The number of rotatable bonds is 5. The van der Waals surface area contributed by atoms with Crippen LogP contribution in [0.5, 0.6) is 5.75 Å². The highest BCUT2D eigenvalue weighted by atomic mass is 19.4. The van der Waals surface area contributed by atoms with E-state index in [-0.39, 0.29) is 17.9 Å². The summed E-state index contributed by atoms with van der Waals surface area (Å²) in [6, 6.07) is 6.30. The topological polar surface area (TPSA) is 30.5 Å². The Labute approximate surface area is 122 Å². The van der Waals surface area contributed by atoms with Gasteiger partial charge in [-0.1, -0.05) is 12.1 Å². The predicted octanol–water partition coefficient (Wildman–Crippen LogP) is 3.14. The number of hydrogen-bond acceptors (Lipinski definition) is 3.